The summed E-state index contributed by atoms with van der Waals surface area (Å²) >= 11 is 0. The number of hydrogen-bond acceptors (Lipinski definition) is 5. The van der Waals surface area contributed by atoms with Crippen LogP contribution in [0, 0.1) is 0 Å². The van der Waals surface area contributed by atoms with E-state index < -0.39 is 17.5 Å². The lowest BCUT2D eigenvalue weighted by Crippen LogP contribution is -2.40. The zero-order valence-electron chi connectivity index (χ0n) is 18.6. The molecule has 0 radical (unpaired) electrons. The third kappa shape index (κ3) is 4.99. The van der Waals surface area contributed by atoms with E-state index in [9.17, 15) is 14.4 Å². The van der Waals surface area contributed by atoms with Gasteiger partial charge in [-0.15, -0.1) is 0 Å². The van der Waals surface area contributed by atoms with E-state index in [4.69, 9.17) is 9.47 Å². The predicted octanol–water partition coefficient (Wildman–Crippen LogP) is 4.18. The summed E-state index contributed by atoms with van der Waals surface area (Å²) in [6.07, 6.45) is 0.730. The third-order valence-corrected chi connectivity index (χ3v) is 5.13. The van der Waals surface area contributed by atoms with Gasteiger partial charge in [0.1, 0.15) is 17.9 Å². The fourth-order valence-electron chi connectivity index (χ4n) is 3.38. The number of esters is 1. The predicted molar refractivity (Wildman–Crippen MR) is 120 cm³/mol. The average molecular weight is 437 g/mol. The van der Waals surface area contributed by atoms with E-state index in [2.05, 4.69) is 11.9 Å². The highest BCUT2D eigenvalue weighted by Gasteiger charge is 2.48. The van der Waals surface area contributed by atoms with Crippen LogP contribution in [0.1, 0.15) is 48.7 Å². The Morgan fingerprint density at radius 1 is 1.16 bits per heavy atom. The molecule has 0 aromatic heterocycles. The molecule has 1 unspecified atom stereocenters. The lowest BCUT2D eigenvalue weighted by molar-refractivity contribution is -0.131. The first-order chi connectivity index (χ1) is 15.2. The van der Waals surface area contributed by atoms with Gasteiger partial charge in [0.15, 0.2) is 0 Å². The summed E-state index contributed by atoms with van der Waals surface area (Å²) in [7, 11) is 0. The molecule has 1 heterocycles. The summed E-state index contributed by atoms with van der Waals surface area (Å²) in [5.74, 6) is -0.137. The molecular weight excluding hydrogens is 408 g/mol. The van der Waals surface area contributed by atoms with Crippen LogP contribution in [0.4, 0.5) is 4.79 Å². The van der Waals surface area contributed by atoms with E-state index in [-0.39, 0.29) is 12.5 Å². The molecule has 3 amide bonds. The Morgan fingerprint density at radius 3 is 2.53 bits per heavy atom. The molecule has 1 N–H and O–H groups in total. The van der Waals surface area contributed by atoms with Crippen LogP contribution in [0.5, 0.6) is 5.75 Å². The van der Waals surface area contributed by atoms with E-state index >= 15 is 0 Å². The first-order valence-corrected chi connectivity index (χ1v) is 10.5. The molecule has 0 bridgehead atoms. The van der Waals surface area contributed by atoms with Gasteiger partial charge < -0.3 is 14.8 Å². The average Bonchev–Trinajstić information content (AvgIpc) is 3.00. The number of carbonyl (C=O) groups is 3. The van der Waals surface area contributed by atoms with Crippen LogP contribution < -0.4 is 10.1 Å². The summed E-state index contributed by atoms with van der Waals surface area (Å²) in [5.41, 5.74) is 1.40. The molecule has 32 heavy (non-hydrogen) atoms. The second kappa shape index (κ2) is 9.68. The highest BCUT2D eigenvalue weighted by Crippen LogP contribution is 2.31. The molecule has 7 nitrogen and oxygen atoms in total. The van der Waals surface area contributed by atoms with Crippen molar-refractivity contribution in [2.75, 3.05) is 13.2 Å². The first kappa shape index (κ1) is 23.1. The standard InChI is InChI=1S/C25H28N2O5/c1-5-13-31-22(28)19-8-6-7-18(14-19)15-27-23(29)25(4,26-24(27)30)20-9-11-21(12-10-20)32-16-17(2)3/h6-12,14H,2,5,13,15-16H2,1,3-4H3,(H,26,30). The number of amides is 3. The molecule has 2 aromatic rings. The Labute approximate surface area is 188 Å². The Balaban J connectivity index is 1.74. The molecule has 0 aliphatic carbocycles. The van der Waals surface area contributed by atoms with Crippen molar-refractivity contribution in [1.29, 1.82) is 0 Å². The summed E-state index contributed by atoms with van der Waals surface area (Å²) in [6.45, 7) is 10.1. The highest BCUT2D eigenvalue weighted by molar-refractivity contribution is 6.07. The van der Waals surface area contributed by atoms with Crippen molar-refractivity contribution in [3.8, 4) is 5.75 Å². The van der Waals surface area contributed by atoms with Crippen LogP contribution in [0.3, 0.4) is 0 Å². The molecule has 1 aliphatic rings. The van der Waals surface area contributed by atoms with E-state index in [0.717, 1.165) is 16.9 Å². The van der Waals surface area contributed by atoms with Gasteiger partial charge in [0.25, 0.3) is 5.91 Å². The number of hydrogen-bond donors (Lipinski definition) is 1. The van der Waals surface area contributed by atoms with Gasteiger partial charge in [0, 0.05) is 0 Å². The van der Waals surface area contributed by atoms with Crippen LogP contribution in [-0.2, 0) is 21.6 Å². The molecule has 1 atom stereocenters. The SMILES string of the molecule is C=C(C)COc1ccc(C2(C)NC(=O)N(Cc3cccc(C(=O)OCCC)c3)C2=O)cc1. The highest BCUT2D eigenvalue weighted by atomic mass is 16.5. The van der Waals surface area contributed by atoms with Crippen LogP contribution in [0.15, 0.2) is 60.7 Å². The van der Waals surface area contributed by atoms with Gasteiger partial charge in [-0.2, -0.15) is 0 Å². The van der Waals surface area contributed by atoms with Gasteiger partial charge in [-0.1, -0.05) is 37.8 Å². The maximum absolute atomic E-state index is 13.2. The number of benzene rings is 2. The number of rotatable bonds is 9. The smallest absolute Gasteiger partial charge is 0.338 e. The third-order valence-electron chi connectivity index (χ3n) is 5.13. The Bertz CT molecular complexity index is 1030. The summed E-state index contributed by atoms with van der Waals surface area (Å²) < 4.78 is 10.8. The minimum absolute atomic E-state index is 0.0506. The molecular formula is C25H28N2O5. The van der Waals surface area contributed by atoms with Crippen molar-refractivity contribution >= 4 is 17.9 Å². The van der Waals surface area contributed by atoms with Crippen molar-refractivity contribution in [3.63, 3.8) is 0 Å². The molecule has 1 fully saturated rings. The number of nitrogens with one attached hydrogen (secondary N) is 1. The Kier molecular flexibility index (Phi) is 6.98. The minimum Gasteiger partial charge on any atom is -0.489 e. The number of ether oxygens (including phenoxy) is 2. The number of carbonyl (C=O) groups excluding carboxylic acids is 3. The fourth-order valence-corrected chi connectivity index (χ4v) is 3.38. The van der Waals surface area contributed by atoms with Crippen molar-refractivity contribution in [2.45, 2.75) is 39.3 Å². The first-order valence-electron chi connectivity index (χ1n) is 10.5. The van der Waals surface area contributed by atoms with Gasteiger partial charge in [0.2, 0.25) is 0 Å². The number of urea groups is 1. The zero-order chi connectivity index (χ0) is 23.3. The molecule has 7 heteroatoms. The lowest BCUT2D eigenvalue weighted by Gasteiger charge is -2.22. The van der Waals surface area contributed by atoms with Crippen molar-refractivity contribution in [3.05, 3.63) is 77.4 Å². The van der Waals surface area contributed by atoms with Gasteiger partial charge in [0.05, 0.1) is 18.7 Å². The summed E-state index contributed by atoms with van der Waals surface area (Å²) in [4.78, 5) is 39.1. The van der Waals surface area contributed by atoms with Gasteiger partial charge >= 0.3 is 12.0 Å². The number of nitrogens with zero attached hydrogens (tertiary/aromatic N) is 1. The van der Waals surface area contributed by atoms with Crippen LogP contribution >= 0.6 is 0 Å². The summed E-state index contributed by atoms with van der Waals surface area (Å²) in [6, 6.07) is 13.3. The monoisotopic (exact) mass is 436 g/mol. The van der Waals surface area contributed by atoms with Crippen LogP contribution in [0.25, 0.3) is 0 Å². The fraction of sp³-hybridized carbons (Fsp3) is 0.320. The van der Waals surface area contributed by atoms with E-state index in [0.29, 0.717) is 35.7 Å². The second-order valence-corrected chi connectivity index (χ2v) is 8.05. The largest absolute Gasteiger partial charge is 0.489 e. The minimum atomic E-state index is -1.19. The lowest BCUT2D eigenvalue weighted by atomic mass is 9.92. The quantitative estimate of drug-likeness (QED) is 0.362. The molecule has 0 saturated carbocycles. The van der Waals surface area contributed by atoms with E-state index in [1.165, 1.54) is 0 Å². The molecule has 2 aromatic carbocycles. The maximum atomic E-state index is 13.2. The van der Waals surface area contributed by atoms with Crippen molar-refractivity contribution < 1.29 is 23.9 Å². The van der Waals surface area contributed by atoms with Crippen LogP contribution in [0.2, 0.25) is 0 Å². The van der Waals surface area contributed by atoms with Gasteiger partial charge in [-0.3, -0.25) is 9.69 Å². The molecule has 168 valence electrons. The topological polar surface area (TPSA) is 84.9 Å². The Morgan fingerprint density at radius 2 is 1.88 bits per heavy atom. The van der Waals surface area contributed by atoms with E-state index in [1.807, 2.05) is 13.8 Å². The summed E-state index contributed by atoms with van der Waals surface area (Å²) in [5, 5.41) is 2.79. The van der Waals surface area contributed by atoms with Crippen molar-refractivity contribution in [1.82, 2.24) is 10.2 Å². The normalized spacial score (nSPS) is 17.8. The van der Waals surface area contributed by atoms with Crippen LogP contribution in [-0.4, -0.2) is 36.0 Å². The number of imide groups is 1. The molecule has 1 saturated heterocycles. The van der Waals surface area contributed by atoms with Crippen molar-refractivity contribution in [2.24, 2.45) is 0 Å². The van der Waals surface area contributed by atoms with Gasteiger partial charge in [-0.25, -0.2) is 9.59 Å². The zero-order valence-corrected chi connectivity index (χ0v) is 18.6. The Hall–Kier alpha value is -3.61. The van der Waals surface area contributed by atoms with Gasteiger partial charge in [-0.05, 0) is 61.2 Å². The molecule has 0 spiro atoms. The van der Waals surface area contributed by atoms with E-state index in [1.54, 1.807) is 55.5 Å². The maximum Gasteiger partial charge on any atom is 0.338 e. The molecule has 3 rings (SSSR count). The second-order valence-electron chi connectivity index (χ2n) is 8.05. The molecule has 1 aliphatic heterocycles.